The van der Waals surface area contributed by atoms with Crippen LogP contribution in [0.5, 0.6) is 5.75 Å². The first-order chi connectivity index (χ1) is 11.7. The molecule has 0 aliphatic heterocycles. The zero-order valence-corrected chi connectivity index (χ0v) is 14.7. The lowest BCUT2D eigenvalue weighted by molar-refractivity contribution is 0.0520. The number of ether oxygens (including phenoxy) is 2. The molecule has 1 N–H and O–H groups in total. The Morgan fingerprint density at radius 1 is 1.21 bits per heavy atom. The molecule has 0 saturated carbocycles. The van der Waals surface area contributed by atoms with Gasteiger partial charge in [0.05, 0.1) is 18.2 Å². The number of unbranched alkanes of at least 4 members (excludes halogenated alkanes) is 3. The molecule has 0 radical (unpaired) electrons. The molecule has 0 aliphatic carbocycles. The van der Waals surface area contributed by atoms with E-state index in [0.29, 0.717) is 28.6 Å². The second kappa shape index (κ2) is 9.27. The first-order valence-corrected chi connectivity index (χ1v) is 8.55. The molecule has 0 bridgehead atoms. The van der Waals surface area contributed by atoms with Crippen molar-refractivity contribution >= 4 is 17.6 Å². The summed E-state index contributed by atoms with van der Waals surface area (Å²) >= 11 is 6.28. The Balaban J connectivity index is 2.07. The molecule has 0 saturated heterocycles. The lowest BCUT2D eigenvalue weighted by Crippen LogP contribution is -2.06. The van der Waals surface area contributed by atoms with E-state index in [4.69, 9.17) is 21.1 Å². The van der Waals surface area contributed by atoms with Gasteiger partial charge in [0.1, 0.15) is 11.4 Å². The van der Waals surface area contributed by atoms with Crippen LogP contribution in [0.3, 0.4) is 0 Å². The van der Waals surface area contributed by atoms with Crippen molar-refractivity contribution in [2.75, 3.05) is 13.2 Å². The number of aromatic amines is 1. The molecule has 0 atom stereocenters. The summed E-state index contributed by atoms with van der Waals surface area (Å²) in [6, 6.07) is 5.29. The third-order valence-corrected chi connectivity index (χ3v) is 3.77. The van der Waals surface area contributed by atoms with Gasteiger partial charge >= 0.3 is 5.97 Å². The minimum absolute atomic E-state index is 0.140. The van der Waals surface area contributed by atoms with E-state index in [1.165, 1.54) is 12.8 Å². The molecule has 24 heavy (non-hydrogen) atoms. The maximum atomic E-state index is 11.9. The second-order valence-corrected chi connectivity index (χ2v) is 5.70. The highest BCUT2D eigenvalue weighted by Crippen LogP contribution is 2.30. The minimum Gasteiger partial charge on any atom is -0.492 e. The Bertz CT molecular complexity index is 673. The summed E-state index contributed by atoms with van der Waals surface area (Å²) in [5.74, 6) is 0.103. The van der Waals surface area contributed by atoms with Gasteiger partial charge in [0, 0.05) is 5.56 Å². The van der Waals surface area contributed by atoms with Crippen LogP contribution in [0.25, 0.3) is 11.3 Å². The van der Waals surface area contributed by atoms with Crippen molar-refractivity contribution in [3.8, 4) is 17.0 Å². The number of hydrogen-bond donors (Lipinski definition) is 1. The van der Waals surface area contributed by atoms with Gasteiger partial charge in [-0.1, -0.05) is 37.8 Å². The van der Waals surface area contributed by atoms with Gasteiger partial charge in [-0.05, 0) is 31.5 Å². The largest absolute Gasteiger partial charge is 0.492 e. The predicted octanol–water partition coefficient (Wildman–Crippen LogP) is 4.26. The van der Waals surface area contributed by atoms with Crippen molar-refractivity contribution < 1.29 is 14.3 Å². The van der Waals surface area contributed by atoms with E-state index in [1.807, 2.05) is 0 Å². The Kier molecular flexibility index (Phi) is 7.06. The quantitative estimate of drug-likeness (QED) is 0.539. The van der Waals surface area contributed by atoms with Crippen LogP contribution in [-0.4, -0.2) is 34.6 Å². The minimum atomic E-state index is -0.520. The van der Waals surface area contributed by atoms with Crippen molar-refractivity contribution in [2.24, 2.45) is 0 Å². The lowest BCUT2D eigenvalue weighted by atomic mass is 10.1. The lowest BCUT2D eigenvalue weighted by Gasteiger charge is -2.09. The van der Waals surface area contributed by atoms with Crippen molar-refractivity contribution in [1.29, 1.82) is 0 Å². The second-order valence-electron chi connectivity index (χ2n) is 5.30. The highest BCUT2D eigenvalue weighted by Gasteiger charge is 2.19. The van der Waals surface area contributed by atoms with Gasteiger partial charge in [-0.3, -0.25) is 0 Å². The van der Waals surface area contributed by atoms with Gasteiger partial charge in [-0.2, -0.15) is 10.3 Å². The maximum absolute atomic E-state index is 11.9. The Labute approximate surface area is 146 Å². The average Bonchev–Trinajstić information content (AvgIpc) is 3.06. The summed E-state index contributed by atoms with van der Waals surface area (Å²) in [7, 11) is 0. The number of carbonyl (C=O) groups is 1. The molecule has 0 amide bonds. The smallest absolute Gasteiger partial charge is 0.361 e. The zero-order chi connectivity index (χ0) is 17.4. The highest BCUT2D eigenvalue weighted by molar-refractivity contribution is 6.32. The molecule has 7 heteroatoms. The zero-order valence-electron chi connectivity index (χ0n) is 14.0. The summed E-state index contributed by atoms with van der Waals surface area (Å²) in [5.41, 5.74) is 1.22. The number of rotatable bonds is 9. The molecule has 6 nitrogen and oxygen atoms in total. The molecule has 0 unspecified atom stereocenters. The van der Waals surface area contributed by atoms with Crippen LogP contribution in [0.1, 0.15) is 50.0 Å². The highest BCUT2D eigenvalue weighted by atomic mass is 35.5. The van der Waals surface area contributed by atoms with Gasteiger partial charge in [0.15, 0.2) is 5.69 Å². The van der Waals surface area contributed by atoms with Crippen molar-refractivity contribution in [2.45, 2.75) is 39.5 Å². The van der Waals surface area contributed by atoms with Crippen LogP contribution < -0.4 is 4.74 Å². The number of nitrogens with zero attached hydrogens (tertiary/aromatic N) is 2. The first-order valence-electron chi connectivity index (χ1n) is 8.18. The van der Waals surface area contributed by atoms with E-state index in [9.17, 15) is 4.79 Å². The first kappa shape index (κ1) is 18.3. The van der Waals surface area contributed by atoms with Gasteiger partial charge in [-0.15, -0.1) is 5.10 Å². The van der Waals surface area contributed by atoms with E-state index >= 15 is 0 Å². The molecule has 2 aromatic rings. The number of hydrogen-bond acceptors (Lipinski definition) is 5. The van der Waals surface area contributed by atoms with Crippen molar-refractivity contribution in [1.82, 2.24) is 15.4 Å². The summed E-state index contributed by atoms with van der Waals surface area (Å²) < 4.78 is 10.7. The normalized spacial score (nSPS) is 10.6. The fraction of sp³-hybridized carbons (Fsp3) is 0.471. The molecular formula is C17H22ClN3O3. The molecular weight excluding hydrogens is 330 g/mol. The molecule has 1 aromatic carbocycles. The third-order valence-electron chi connectivity index (χ3n) is 3.48. The molecule has 1 aromatic heterocycles. The maximum Gasteiger partial charge on any atom is 0.361 e. The third kappa shape index (κ3) is 4.71. The van der Waals surface area contributed by atoms with Crippen LogP contribution in [0.2, 0.25) is 5.02 Å². The van der Waals surface area contributed by atoms with Crippen LogP contribution in [0, 0.1) is 0 Å². The van der Waals surface area contributed by atoms with Crippen molar-refractivity contribution in [3.63, 3.8) is 0 Å². The van der Waals surface area contributed by atoms with Gasteiger partial charge < -0.3 is 9.47 Å². The fourth-order valence-corrected chi connectivity index (χ4v) is 2.49. The summed E-state index contributed by atoms with van der Waals surface area (Å²) in [6.45, 7) is 4.82. The van der Waals surface area contributed by atoms with Crippen LogP contribution in [0.4, 0.5) is 0 Å². The van der Waals surface area contributed by atoms with Crippen LogP contribution >= 0.6 is 11.6 Å². The molecule has 130 valence electrons. The number of benzene rings is 1. The van der Waals surface area contributed by atoms with Crippen LogP contribution in [-0.2, 0) is 4.74 Å². The fourth-order valence-electron chi connectivity index (χ4n) is 2.25. The number of carbonyl (C=O) groups excluding carboxylic acids is 1. The molecule has 0 spiro atoms. The standard InChI is InChI=1S/C17H22ClN3O3/c1-3-5-6-7-10-24-14-9-8-12(11-13(14)18)15-16(20-21-19-15)17(22)23-4-2/h8-9,11H,3-7,10H2,1-2H3,(H,19,20,21). The van der Waals surface area contributed by atoms with Gasteiger partial charge in [-0.25, -0.2) is 4.79 Å². The number of aromatic nitrogens is 3. The van der Waals surface area contributed by atoms with Crippen LogP contribution in [0.15, 0.2) is 18.2 Å². The molecule has 0 fully saturated rings. The monoisotopic (exact) mass is 351 g/mol. The predicted molar refractivity (Wildman–Crippen MR) is 92.4 cm³/mol. The van der Waals surface area contributed by atoms with E-state index in [-0.39, 0.29) is 12.3 Å². The summed E-state index contributed by atoms with van der Waals surface area (Å²) in [4.78, 5) is 11.9. The summed E-state index contributed by atoms with van der Waals surface area (Å²) in [5, 5.41) is 10.8. The Morgan fingerprint density at radius 3 is 2.75 bits per heavy atom. The number of H-pyrrole nitrogens is 1. The summed E-state index contributed by atoms with van der Waals surface area (Å²) in [6.07, 6.45) is 4.55. The topological polar surface area (TPSA) is 77.1 Å². The molecule has 2 rings (SSSR count). The molecule has 0 aliphatic rings. The number of nitrogens with one attached hydrogen (secondary N) is 1. The Morgan fingerprint density at radius 2 is 2.04 bits per heavy atom. The van der Waals surface area contributed by atoms with E-state index in [0.717, 1.165) is 12.8 Å². The van der Waals surface area contributed by atoms with E-state index < -0.39 is 5.97 Å². The molecule has 1 heterocycles. The number of esters is 1. The van der Waals surface area contributed by atoms with Gasteiger partial charge in [0.25, 0.3) is 0 Å². The number of halogens is 1. The Hall–Kier alpha value is -2.08. The van der Waals surface area contributed by atoms with E-state index in [1.54, 1.807) is 25.1 Å². The van der Waals surface area contributed by atoms with E-state index in [2.05, 4.69) is 22.3 Å². The van der Waals surface area contributed by atoms with Crippen molar-refractivity contribution in [3.05, 3.63) is 28.9 Å². The SMILES string of the molecule is CCCCCCOc1ccc(-c2n[nH]nc2C(=O)OCC)cc1Cl. The van der Waals surface area contributed by atoms with Gasteiger partial charge in [0.2, 0.25) is 0 Å². The average molecular weight is 352 g/mol.